The van der Waals surface area contributed by atoms with Gasteiger partial charge in [0.2, 0.25) is 0 Å². The first-order chi connectivity index (χ1) is 8.83. The van der Waals surface area contributed by atoms with Gasteiger partial charge in [-0.15, -0.1) is 0 Å². The minimum Gasteiger partial charge on any atom is -0.312 e. The molecule has 0 atom stereocenters. The van der Waals surface area contributed by atoms with Crippen molar-refractivity contribution in [2.75, 3.05) is 39.8 Å². The summed E-state index contributed by atoms with van der Waals surface area (Å²) in [6, 6.07) is 6.84. The van der Waals surface area contributed by atoms with Crippen LogP contribution in [0, 0.1) is 0 Å². The molecule has 2 aliphatic heterocycles. The minimum absolute atomic E-state index is 1.05. The molecule has 1 aromatic rings. The molecule has 2 aliphatic rings. The van der Waals surface area contributed by atoms with Crippen LogP contribution in [-0.2, 0) is 19.5 Å². The second kappa shape index (κ2) is 5.39. The second-order valence-corrected chi connectivity index (χ2v) is 5.56. The second-order valence-electron chi connectivity index (χ2n) is 5.56. The summed E-state index contributed by atoms with van der Waals surface area (Å²) in [6.45, 7) is 8.12. The van der Waals surface area contributed by atoms with Gasteiger partial charge in [-0.3, -0.25) is 4.90 Å². The lowest BCUT2D eigenvalue weighted by molar-refractivity contribution is 0.148. The lowest BCUT2D eigenvalue weighted by atomic mass is 9.95. The quantitative estimate of drug-likeness (QED) is 0.841. The van der Waals surface area contributed by atoms with Crippen molar-refractivity contribution < 1.29 is 0 Å². The van der Waals surface area contributed by atoms with Crippen LogP contribution in [0.3, 0.4) is 0 Å². The Morgan fingerprint density at radius 2 is 2.00 bits per heavy atom. The van der Waals surface area contributed by atoms with Gasteiger partial charge in [-0.2, -0.15) is 0 Å². The van der Waals surface area contributed by atoms with E-state index < -0.39 is 0 Å². The van der Waals surface area contributed by atoms with E-state index in [0.717, 1.165) is 19.6 Å². The number of nitrogens with one attached hydrogen (secondary N) is 1. The average Bonchev–Trinajstić information content (AvgIpc) is 2.42. The normalized spacial score (nSPS) is 21.8. The number of hydrogen-bond acceptors (Lipinski definition) is 3. The summed E-state index contributed by atoms with van der Waals surface area (Å²) in [5.41, 5.74) is 4.65. The zero-order valence-corrected chi connectivity index (χ0v) is 11.3. The van der Waals surface area contributed by atoms with Crippen LogP contribution in [0.4, 0.5) is 0 Å². The van der Waals surface area contributed by atoms with Crippen LogP contribution in [0.2, 0.25) is 0 Å². The van der Waals surface area contributed by atoms with E-state index in [1.807, 2.05) is 0 Å². The van der Waals surface area contributed by atoms with Crippen LogP contribution < -0.4 is 5.32 Å². The van der Waals surface area contributed by atoms with Crippen molar-refractivity contribution in [1.82, 2.24) is 15.1 Å². The SMILES string of the molecule is CN1CCN(Cc2cccc3c2CNCC3)CC1. The molecule has 0 saturated carbocycles. The summed E-state index contributed by atoms with van der Waals surface area (Å²) < 4.78 is 0. The highest BCUT2D eigenvalue weighted by molar-refractivity contribution is 5.36. The summed E-state index contributed by atoms with van der Waals surface area (Å²) in [6.07, 6.45) is 1.19. The van der Waals surface area contributed by atoms with E-state index in [9.17, 15) is 0 Å². The van der Waals surface area contributed by atoms with Gasteiger partial charge in [-0.05, 0) is 36.7 Å². The molecular weight excluding hydrogens is 222 g/mol. The standard InChI is InChI=1S/C15H23N3/c1-17-7-9-18(10-8-17)12-14-4-2-3-13-5-6-16-11-15(13)14/h2-4,16H,5-12H2,1H3. The highest BCUT2D eigenvalue weighted by Gasteiger charge is 2.17. The Labute approximate surface area is 110 Å². The molecule has 0 unspecified atom stereocenters. The van der Waals surface area contributed by atoms with Crippen molar-refractivity contribution in [3.05, 3.63) is 34.9 Å². The first kappa shape index (κ1) is 12.2. The third-order valence-electron chi connectivity index (χ3n) is 4.23. The molecule has 0 amide bonds. The fourth-order valence-corrected chi connectivity index (χ4v) is 2.98. The van der Waals surface area contributed by atoms with Crippen molar-refractivity contribution in [2.24, 2.45) is 0 Å². The Morgan fingerprint density at radius 1 is 1.17 bits per heavy atom. The molecule has 1 N–H and O–H groups in total. The monoisotopic (exact) mass is 245 g/mol. The number of hydrogen-bond donors (Lipinski definition) is 1. The van der Waals surface area contributed by atoms with E-state index in [0.29, 0.717) is 0 Å². The first-order valence-electron chi connectivity index (χ1n) is 7.04. The molecule has 1 aromatic carbocycles. The summed E-state index contributed by atoms with van der Waals surface area (Å²) in [4.78, 5) is 5.00. The van der Waals surface area contributed by atoms with Gasteiger partial charge < -0.3 is 10.2 Å². The van der Waals surface area contributed by atoms with Gasteiger partial charge in [0.15, 0.2) is 0 Å². The van der Waals surface area contributed by atoms with E-state index >= 15 is 0 Å². The molecule has 18 heavy (non-hydrogen) atoms. The highest BCUT2D eigenvalue weighted by Crippen LogP contribution is 2.20. The van der Waals surface area contributed by atoms with Crippen LogP contribution in [0.15, 0.2) is 18.2 Å². The zero-order valence-electron chi connectivity index (χ0n) is 11.3. The number of rotatable bonds is 2. The highest BCUT2D eigenvalue weighted by atomic mass is 15.2. The molecule has 1 fully saturated rings. The van der Waals surface area contributed by atoms with Crippen LogP contribution >= 0.6 is 0 Å². The van der Waals surface area contributed by atoms with Crippen LogP contribution in [0.25, 0.3) is 0 Å². The summed E-state index contributed by atoms with van der Waals surface area (Å²) in [5, 5.41) is 3.50. The van der Waals surface area contributed by atoms with Gasteiger partial charge in [-0.1, -0.05) is 18.2 Å². The Hall–Kier alpha value is -0.900. The van der Waals surface area contributed by atoms with Gasteiger partial charge >= 0.3 is 0 Å². The molecule has 0 bridgehead atoms. The molecule has 0 spiro atoms. The summed E-state index contributed by atoms with van der Waals surface area (Å²) in [5.74, 6) is 0. The topological polar surface area (TPSA) is 18.5 Å². The number of piperazine rings is 1. The van der Waals surface area contributed by atoms with E-state index in [1.54, 1.807) is 11.1 Å². The predicted octanol–water partition coefficient (Wildman–Crippen LogP) is 1.08. The molecule has 98 valence electrons. The maximum absolute atomic E-state index is 3.50. The van der Waals surface area contributed by atoms with E-state index in [-0.39, 0.29) is 0 Å². The molecular formula is C15H23N3. The lowest BCUT2D eigenvalue weighted by Crippen LogP contribution is -2.44. The Morgan fingerprint density at radius 3 is 2.83 bits per heavy atom. The largest absolute Gasteiger partial charge is 0.312 e. The average molecular weight is 245 g/mol. The van der Waals surface area contributed by atoms with Crippen molar-refractivity contribution in [1.29, 1.82) is 0 Å². The van der Waals surface area contributed by atoms with E-state index in [4.69, 9.17) is 0 Å². The van der Waals surface area contributed by atoms with Crippen LogP contribution in [-0.4, -0.2) is 49.6 Å². The van der Waals surface area contributed by atoms with Crippen molar-refractivity contribution in [3.63, 3.8) is 0 Å². The smallest absolute Gasteiger partial charge is 0.0238 e. The fourth-order valence-electron chi connectivity index (χ4n) is 2.98. The molecule has 0 radical (unpaired) electrons. The number of nitrogens with zero attached hydrogens (tertiary/aromatic N) is 2. The first-order valence-corrected chi connectivity index (χ1v) is 7.04. The number of likely N-dealkylation sites (N-methyl/N-ethyl adjacent to an activating group) is 1. The molecule has 3 heteroatoms. The maximum atomic E-state index is 3.50. The predicted molar refractivity (Wildman–Crippen MR) is 74.6 cm³/mol. The van der Waals surface area contributed by atoms with Gasteiger partial charge in [0, 0.05) is 39.3 Å². The zero-order chi connectivity index (χ0) is 12.4. The minimum atomic E-state index is 1.05. The Balaban J connectivity index is 1.72. The van der Waals surface area contributed by atoms with Gasteiger partial charge in [-0.25, -0.2) is 0 Å². The van der Waals surface area contributed by atoms with Crippen molar-refractivity contribution >= 4 is 0 Å². The van der Waals surface area contributed by atoms with Crippen molar-refractivity contribution in [2.45, 2.75) is 19.5 Å². The van der Waals surface area contributed by atoms with Crippen molar-refractivity contribution in [3.8, 4) is 0 Å². The van der Waals surface area contributed by atoms with Crippen LogP contribution in [0.1, 0.15) is 16.7 Å². The maximum Gasteiger partial charge on any atom is 0.0238 e. The van der Waals surface area contributed by atoms with Gasteiger partial charge in [0.05, 0.1) is 0 Å². The van der Waals surface area contributed by atoms with Gasteiger partial charge in [0.25, 0.3) is 0 Å². The summed E-state index contributed by atoms with van der Waals surface area (Å²) in [7, 11) is 2.21. The molecule has 1 saturated heterocycles. The van der Waals surface area contributed by atoms with E-state index in [2.05, 4.69) is 40.4 Å². The molecule has 3 nitrogen and oxygen atoms in total. The molecule has 3 rings (SSSR count). The Bertz CT molecular complexity index is 408. The Kier molecular flexibility index (Phi) is 3.64. The van der Waals surface area contributed by atoms with Crippen LogP contribution in [0.5, 0.6) is 0 Å². The number of fused-ring (bicyclic) bond motifs is 1. The molecule has 2 heterocycles. The summed E-state index contributed by atoms with van der Waals surface area (Å²) >= 11 is 0. The number of benzene rings is 1. The third-order valence-corrected chi connectivity index (χ3v) is 4.23. The van der Waals surface area contributed by atoms with E-state index in [1.165, 1.54) is 38.2 Å². The lowest BCUT2D eigenvalue weighted by Gasteiger charge is -2.33. The third kappa shape index (κ3) is 2.58. The molecule has 0 aromatic heterocycles. The molecule has 0 aliphatic carbocycles. The fraction of sp³-hybridized carbons (Fsp3) is 0.600. The van der Waals surface area contributed by atoms with Gasteiger partial charge in [0.1, 0.15) is 0 Å².